The van der Waals surface area contributed by atoms with Crippen LogP contribution >= 0.6 is 0 Å². The molecule has 0 radical (unpaired) electrons. The fraction of sp³-hybridized carbons (Fsp3) is 0.278. The largest absolute Gasteiger partial charge is 0.492 e. The van der Waals surface area contributed by atoms with Gasteiger partial charge in [0.1, 0.15) is 0 Å². The van der Waals surface area contributed by atoms with Gasteiger partial charge in [-0.3, -0.25) is 4.79 Å². The van der Waals surface area contributed by atoms with Crippen LogP contribution in [0.2, 0.25) is 0 Å². The monoisotopic (exact) mass is 294 g/mol. The van der Waals surface area contributed by atoms with E-state index in [4.69, 9.17) is 4.65 Å². The molecule has 0 aromatic heterocycles. The van der Waals surface area contributed by atoms with Crippen molar-refractivity contribution in [2.24, 2.45) is 0 Å². The molecule has 0 unspecified atom stereocenters. The summed E-state index contributed by atoms with van der Waals surface area (Å²) < 4.78 is 5.55. The van der Waals surface area contributed by atoms with Crippen LogP contribution in [0.3, 0.4) is 0 Å². The number of hydrogen-bond acceptors (Lipinski definition) is 3. The Balaban J connectivity index is 1.84. The zero-order chi connectivity index (χ0) is 15.9. The predicted molar refractivity (Wildman–Crippen MR) is 87.4 cm³/mol. The van der Waals surface area contributed by atoms with Crippen molar-refractivity contribution in [3.05, 3.63) is 64.7 Å². The molecule has 4 heteroatoms. The van der Waals surface area contributed by atoms with Crippen LogP contribution in [0.4, 0.5) is 0 Å². The van der Waals surface area contributed by atoms with Gasteiger partial charge in [0, 0.05) is 12.0 Å². The Kier molecular flexibility index (Phi) is 3.67. The van der Waals surface area contributed by atoms with Crippen molar-refractivity contribution in [2.75, 3.05) is 0 Å². The van der Waals surface area contributed by atoms with Gasteiger partial charge in [-0.2, -0.15) is 0 Å². The van der Waals surface area contributed by atoms with Gasteiger partial charge in [-0.1, -0.05) is 48.0 Å². The highest BCUT2D eigenvalue weighted by atomic mass is 16.5. The number of carbonyl (C=O) groups is 1. The number of ketones is 1. The van der Waals surface area contributed by atoms with Crippen LogP contribution in [0.5, 0.6) is 0 Å². The quantitative estimate of drug-likeness (QED) is 0.698. The molecule has 0 aliphatic carbocycles. The molecule has 22 heavy (non-hydrogen) atoms. The molecule has 0 saturated heterocycles. The van der Waals surface area contributed by atoms with Crippen molar-refractivity contribution < 1.29 is 14.5 Å². The Morgan fingerprint density at radius 2 is 1.86 bits per heavy atom. The molecule has 1 heterocycles. The minimum atomic E-state index is -0.917. The average molecular weight is 294 g/mol. The van der Waals surface area contributed by atoms with E-state index in [0.29, 0.717) is 12.0 Å². The van der Waals surface area contributed by atoms with Gasteiger partial charge in [-0.25, -0.2) is 0 Å². The molecular formula is C18H19BO3. The fourth-order valence-corrected chi connectivity index (χ4v) is 2.91. The first-order valence-corrected chi connectivity index (χ1v) is 7.46. The first-order chi connectivity index (χ1) is 10.4. The summed E-state index contributed by atoms with van der Waals surface area (Å²) in [6.07, 6.45) is 0.323. The van der Waals surface area contributed by atoms with Crippen LogP contribution in [0.1, 0.15) is 40.9 Å². The van der Waals surface area contributed by atoms with E-state index in [0.717, 1.165) is 22.2 Å². The molecule has 2 aromatic carbocycles. The summed E-state index contributed by atoms with van der Waals surface area (Å²) in [6.45, 7) is 5.86. The first-order valence-electron chi connectivity index (χ1n) is 7.46. The zero-order valence-electron chi connectivity index (χ0n) is 13.1. The van der Waals surface area contributed by atoms with E-state index in [9.17, 15) is 9.82 Å². The third kappa shape index (κ3) is 2.72. The van der Waals surface area contributed by atoms with Gasteiger partial charge >= 0.3 is 7.12 Å². The maximum absolute atomic E-state index is 12.3. The van der Waals surface area contributed by atoms with Gasteiger partial charge in [0.25, 0.3) is 0 Å². The van der Waals surface area contributed by atoms with E-state index in [1.807, 2.05) is 63.2 Å². The molecule has 0 fully saturated rings. The summed E-state index contributed by atoms with van der Waals surface area (Å²) >= 11 is 0. The van der Waals surface area contributed by atoms with Gasteiger partial charge in [-0.05, 0) is 37.4 Å². The Morgan fingerprint density at radius 3 is 2.55 bits per heavy atom. The average Bonchev–Trinajstić information content (AvgIpc) is 2.69. The van der Waals surface area contributed by atoms with E-state index >= 15 is 0 Å². The lowest BCUT2D eigenvalue weighted by molar-refractivity contribution is 0.0991. The van der Waals surface area contributed by atoms with Crippen molar-refractivity contribution in [1.82, 2.24) is 0 Å². The molecule has 2 aromatic rings. The Labute approximate surface area is 131 Å². The van der Waals surface area contributed by atoms with Crippen LogP contribution in [-0.4, -0.2) is 17.9 Å². The standard InChI is InChI=1S/C18H19BO3/c1-12-4-7-14(8-5-12)17(20)11-13-6-9-15-16(10-13)19(21)22-18(15,2)3/h4-10,21H,11H2,1-3H3. The molecule has 0 amide bonds. The number of aryl methyl sites for hydroxylation is 1. The van der Waals surface area contributed by atoms with Crippen molar-refractivity contribution in [1.29, 1.82) is 0 Å². The number of carbonyl (C=O) groups excluding carboxylic acids is 1. The van der Waals surface area contributed by atoms with Gasteiger partial charge in [0.05, 0.1) is 5.60 Å². The lowest BCUT2D eigenvalue weighted by atomic mass is 9.77. The molecule has 0 saturated carbocycles. The molecule has 0 spiro atoms. The summed E-state index contributed by atoms with van der Waals surface area (Å²) in [6, 6.07) is 13.3. The number of rotatable bonds is 3. The predicted octanol–water partition coefficient (Wildman–Crippen LogP) is 2.37. The second-order valence-electron chi connectivity index (χ2n) is 6.37. The fourth-order valence-electron chi connectivity index (χ4n) is 2.91. The van der Waals surface area contributed by atoms with Crippen molar-refractivity contribution in [2.45, 2.75) is 32.8 Å². The van der Waals surface area contributed by atoms with Crippen LogP contribution < -0.4 is 5.46 Å². The smallest absolute Gasteiger partial charge is 0.423 e. The van der Waals surface area contributed by atoms with Crippen molar-refractivity contribution in [3.63, 3.8) is 0 Å². The third-order valence-electron chi connectivity index (χ3n) is 4.18. The Morgan fingerprint density at radius 1 is 1.18 bits per heavy atom. The van der Waals surface area contributed by atoms with E-state index in [1.54, 1.807) is 0 Å². The molecule has 3 nitrogen and oxygen atoms in total. The minimum absolute atomic E-state index is 0.0765. The normalized spacial score (nSPS) is 15.7. The summed E-state index contributed by atoms with van der Waals surface area (Å²) in [5.41, 5.74) is 3.99. The minimum Gasteiger partial charge on any atom is -0.423 e. The van der Waals surface area contributed by atoms with Gasteiger partial charge in [0.15, 0.2) is 5.78 Å². The topological polar surface area (TPSA) is 46.5 Å². The van der Waals surface area contributed by atoms with E-state index in [-0.39, 0.29) is 5.78 Å². The highest BCUT2D eigenvalue weighted by Crippen LogP contribution is 2.30. The second kappa shape index (κ2) is 5.38. The zero-order valence-corrected chi connectivity index (χ0v) is 13.1. The van der Waals surface area contributed by atoms with E-state index in [2.05, 4.69) is 0 Å². The summed E-state index contributed by atoms with van der Waals surface area (Å²) in [4.78, 5) is 12.3. The van der Waals surface area contributed by atoms with Crippen molar-refractivity contribution in [3.8, 4) is 0 Å². The maximum Gasteiger partial charge on any atom is 0.492 e. The summed E-state index contributed by atoms with van der Waals surface area (Å²) in [7, 11) is -0.917. The number of hydrogen-bond donors (Lipinski definition) is 1. The number of Topliss-reactive ketones (excluding diaryl/α,β-unsaturated/α-hetero) is 1. The number of fused-ring (bicyclic) bond motifs is 1. The highest BCUT2D eigenvalue weighted by molar-refractivity contribution is 6.62. The van der Waals surface area contributed by atoms with Crippen LogP contribution in [0.25, 0.3) is 0 Å². The summed E-state index contributed by atoms with van der Waals surface area (Å²) in [5.74, 6) is 0.0765. The lowest BCUT2D eigenvalue weighted by Crippen LogP contribution is -2.29. The lowest BCUT2D eigenvalue weighted by Gasteiger charge is -2.19. The Bertz CT molecular complexity index is 720. The molecule has 3 rings (SSSR count). The SMILES string of the molecule is Cc1ccc(C(=O)Cc2ccc3c(c2)B(O)OC3(C)C)cc1. The molecule has 1 aliphatic rings. The van der Waals surface area contributed by atoms with Gasteiger partial charge in [0.2, 0.25) is 0 Å². The van der Waals surface area contributed by atoms with E-state index < -0.39 is 12.7 Å². The third-order valence-corrected chi connectivity index (χ3v) is 4.18. The molecule has 1 N–H and O–H groups in total. The van der Waals surface area contributed by atoms with E-state index in [1.165, 1.54) is 0 Å². The second-order valence-corrected chi connectivity index (χ2v) is 6.37. The van der Waals surface area contributed by atoms with Gasteiger partial charge in [-0.15, -0.1) is 0 Å². The molecular weight excluding hydrogens is 275 g/mol. The highest BCUT2D eigenvalue weighted by Gasteiger charge is 2.40. The molecule has 1 aliphatic heterocycles. The molecule has 0 atom stereocenters. The molecule has 112 valence electrons. The van der Waals surface area contributed by atoms with Crippen LogP contribution in [0.15, 0.2) is 42.5 Å². The number of benzene rings is 2. The van der Waals surface area contributed by atoms with Crippen LogP contribution in [0, 0.1) is 6.92 Å². The van der Waals surface area contributed by atoms with Crippen LogP contribution in [-0.2, 0) is 16.7 Å². The summed E-state index contributed by atoms with van der Waals surface area (Å²) in [5, 5.41) is 10.0. The Hall–Kier alpha value is -1.91. The maximum atomic E-state index is 12.3. The molecule has 0 bridgehead atoms. The first kappa shape index (κ1) is 15.0. The van der Waals surface area contributed by atoms with Gasteiger partial charge < -0.3 is 9.68 Å². The van der Waals surface area contributed by atoms with Crippen molar-refractivity contribution >= 4 is 18.4 Å².